The van der Waals surface area contributed by atoms with Crippen molar-refractivity contribution in [1.29, 1.82) is 0 Å². The van der Waals surface area contributed by atoms with Crippen LogP contribution in [0.15, 0.2) is 51.5 Å². The first-order valence-corrected chi connectivity index (χ1v) is 10.2. The van der Waals surface area contributed by atoms with E-state index in [9.17, 15) is 8.76 Å². The zero-order valence-electron chi connectivity index (χ0n) is 14.5. The summed E-state index contributed by atoms with van der Waals surface area (Å²) >= 11 is 5.01. The molecule has 0 spiro atoms. The Morgan fingerprint density at radius 3 is 3.00 bits per heavy atom. The Morgan fingerprint density at radius 2 is 2.37 bits per heavy atom. The number of hydrogen-bond donors (Lipinski definition) is 1. The maximum Gasteiger partial charge on any atom is 0.171 e. The van der Waals surface area contributed by atoms with Gasteiger partial charge in [0.25, 0.3) is 0 Å². The molecular formula is C17H16ClN4O3S2-. The standard InChI is InChI=1S/C17H17ClN4O3S2/c1-10(12-4-3-7-25-12)8-14(19-2)21-16-11(18)9-20-17(22-16)13-5-6-15(26-13)27(23)24/h3,5-9,12H,4H2,1-2H3,(H,23,24)(H,19,20,21,22)/p-1. The van der Waals surface area contributed by atoms with Crippen LogP contribution in [0.5, 0.6) is 0 Å². The van der Waals surface area contributed by atoms with Crippen LogP contribution in [0, 0.1) is 0 Å². The fourth-order valence-corrected chi connectivity index (χ4v) is 3.91. The molecule has 2 unspecified atom stereocenters. The maximum atomic E-state index is 11.1. The van der Waals surface area contributed by atoms with E-state index < -0.39 is 11.1 Å². The lowest BCUT2D eigenvalue weighted by molar-refractivity contribution is 0.203. The van der Waals surface area contributed by atoms with Crippen molar-refractivity contribution in [1.82, 2.24) is 9.97 Å². The van der Waals surface area contributed by atoms with Crippen LogP contribution in [0.1, 0.15) is 13.3 Å². The van der Waals surface area contributed by atoms with Crippen LogP contribution in [-0.4, -0.2) is 37.7 Å². The Morgan fingerprint density at radius 1 is 1.56 bits per heavy atom. The topological polar surface area (TPSA) is 99.5 Å². The Balaban J connectivity index is 1.82. The Bertz CT molecular complexity index is 947. The quantitative estimate of drug-likeness (QED) is 0.446. The predicted molar refractivity (Wildman–Crippen MR) is 107 cm³/mol. The normalized spacial score (nSPS) is 18.4. The summed E-state index contributed by atoms with van der Waals surface area (Å²) in [5, 5.41) is 3.42. The minimum Gasteiger partial charge on any atom is -0.768 e. The largest absolute Gasteiger partial charge is 0.768 e. The van der Waals surface area contributed by atoms with Gasteiger partial charge in [-0.25, -0.2) is 9.97 Å². The molecule has 0 amide bonds. The zero-order chi connectivity index (χ0) is 19.4. The minimum absolute atomic E-state index is 0.00233. The molecule has 2 aromatic heterocycles. The first-order valence-electron chi connectivity index (χ1n) is 7.92. The molecule has 1 N–H and O–H groups in total. The fourth-order valence-electron chi connectivity index (χ4n) is 2.37. The lowest BCUT2D eigenvalue weighted by Gasteiger charge is -2.13. The van der Waals surface area contributed by atoms with E-state index in [1.54, 1.807) is 19.4 Å². The second kappa shape index (κ2) is 8.75. The molecule has 2 atom stereocenters. The number of aliphatic imine (C=N–C) groups is 1. The molecule has 2 aromatic rings. The predicted octanol–water partition coefficient (Wildman–Crippen LogP) is 3.79. The molecule has 3 rings (SSSR count). The Hall–Kier alpha value is -2.07. The maximum absolute atomic E-state index is 11.1. The van der Waals surface area contributed by atoms with E-state index in [1.165, 1.54) is 12.3 Å². The molecule has 10 heteroatoms. The van der Waals surface area contributed by atoms with E-state index in [4.69, 9.17) is 16.3 Å². The van der Waals surface area contributed by atoms with Crippen molar-refractivity contribution >= 4 is 45.7 Å². The van der Waals surface area contributed by atoms with Crippen LogP contribution >= 0.6 is 22.9 Å². The van der Waals surface area contributed by atoms with Crippen LogP contribution in [0.4, 0.5) is 5.82 Å². The summed E-state index contributed by atoms with van der Waals surface area (Å²) in [7, 11) is 1.66. The number of thiophene rings is 1. The van der Waals surface area contributed by atoms with Crippen LogP contribution < -0.4 is 5.32 Å². The summed E-state index contributed by atoms with van der Waals surface area (Å²) in [4.78, 5) is 13.4. The van der Waals surface area contributed by atoms with Crippen LogP contribution in [0.3, 0.4) is 0 Å². The smallest absolute Gasteiger partial charge is 0.171 e. The molecule has 0 fully saturated rings. The van der Waals surface area contributed by atoms with Crippen LogP contribution in [0.25, 0.3) is 10.7 Å². The van der Waals surface area contributed by atoms with Gasteiger partial charge in [0.15, 0.2) is 11.6 Å². The van der Waals surface area contributed by atoms with E-state index in [-0.39, 0.29) is 10.3 Å². The van der Waals surface area contributed by atoms with E-state index in [2.05, 4.69) is 20.3 Å². The molecule has 0 saturated carbocycles. The lowest BCUT2D eigenvalue weighted by Crippen LogP contribution is -2.15. The van der Waals surface area contributed by atoms with Crippen molar-refractivity contribution in [2.24, 2.45) is 4.99 Å². The van der Waals surface area contributed by atoms with Crippen molar-refractivity contribution in [2.75, 3.05) is 12.4 Å². The summed E-state index contributed by atoms with van der Waals surface area (Å²) < 4.78 is 27.8. The van der Waals surface area contributed by atoms with Gasteiger partial charge in [-0.1, -0.05) is 11.6 Å². The Kier molecular flexibility index (Phi) is 6.38. The minimum atomic E-state index is -2.28. The zero-order valence-corrected chi connectivity index (χ0v) is 16.9. The number of amidine groups is 1. The molecule has 142 valence electrons. The Labute approximate surface area is 168 Å². The molecule has 1 aliphatic heterocycles. The van der Waals surface area contributed by atoms with Crippen molar-refractivity contribution < 1.29 is 13.5 Å². The van der Waals surface area contributed by atoms with Crippen molar-refractivity contribution in [3.63, 3.8) is 0 Å². The van der Waals surface area contributed by atoms with Gasteiger partial charge in [0.1, 0.15) is 17.0 Å². The molecular weight excluding hydrogens is 408 g/mol. The number of halogens is 1. The molecule has 0 aromatic carbocycles. The van der Waals surface area contributed by atoms with Gasteiger partial charge in [0.05, 0.1) is 21.5 Å². The van der Waals surface area contributed by atoms with Gasteiger partial charge in [0, 0.05) is 13.5 Å². The number of anilines is 1. The second-order valence-electron chi connectivity index (χ2n) is 5.60. The number of rotatable bonds is 5. The monoisotopic (exact) mass is 423 g/mol. The summed E-state index contributed by atoms with van der Waals surface area (Å²) in [6.45, 7) is 1.97. The molecule has 3 heterocycles. The number of aromatic nitrogens is 2. The van der Waals surface area contributed by atoms with Gasteiger partial charge in [-0.15, -0.1) is 11.3 Å². The van der Waals surface area contributed by atoms with Crippen molar-refractivity contribution in [3.8, 4) is 10.7 Å². The van der Waals surface area contributed by atoms with Gasteiger partial charge >= 0.3 is 0 Å². The van der Waals surface area contributed by atoms with Crippen LogP contribution in [0.2, 0.25) is 5.02 Å². The third-order valence-corrected chi connectivity index (χ3v) is 6.03. The first-order chi connectivity index (χ1) is 13.0. The van der Waals surface area contributed by atoms with E-state index in [0.717, 1.165) is 23.3 Å². The van der Waals surface area contributed by atoms with Gasteiger partial charge in [-0.05, 0) is 47.9 Å². The number of nitrogens with zero attached hydrogens (tertiary/aromatic N) is 3. The number of hydrogen-bond acceptors (Lipinski definition) is 7. The summed E-state index contributed by atoms with van der Waals surface area (Å²) in [5.41, 5.74) is 1.01. The van der Waals surface area contributed by atoms with Crippen molar-refractivity contribution in [2.45, 2.75) is 23.7 Å². The van der Waals surface area contributed by atoms with Crippen LogP contribution in [-0.2, 0) is 15.8 Å². The first kappa shape index (κ1) is 19.7. The highest BCUT2D eigenvalue weighted by Gasteiger charge is 2.15. The van der Waals surface area contributed by atoms with Gasteiger partial charge < -0.3 is 14.6 Å². The lowest BCUT2D eigenvalue weighted by atomic mass is 10.1. The van der Waals surface area contributed by atoms with E-state index in [0.29, 0.717) is 27.4 Å². The highest BCUT2D eigenvalue weighted by Crippen LogP contribution is 2.29. The summed E-state index contributed by atoms with van der Waals surface area (Å²) in [5.74, 6) is 1.33. The summed E-state index contributed by atoms with van der Waals surface area (Å²) in [6, 6.07) is 3.17. The van der Waals surface area contributed by atoms with Gasteiger partial charge in [-0.3, -0.25) is 9.20 Å². The average molecular weight is 424 g/mol. The van der Waals surface area contributed by atoms with E-state index >= 15 is 0 Å². The molecule has 0 aliphatic carbocycles. The summed E-state index contributed by atoms with van der Waals surface area (Å²) in [6.07, 6.45) is 7.82. The van der Waals surface area contributed by atoms with Crippen molar-refractivity contribution in [3.05, 3.63) is 47.3 Å². The number of ether oxygens (including phenoxy) is 1. The number of nitrogens with one attached hydrogen (secondary N) is 1. The second-order valence-corrected chi connectivity index (χ2v) is 8.26. The highest BCUT2D eigenvalue weighted by atomic mass is 35.5. The third-order valence-electron chi connectivity index (χ3n) is 3.76. The van der Waals surface area contributed by atoms with E-state index in [1.807, 2.05) is 19.1 Å². The SMILES string of the molecule is CN=C(C=C(C)C1CC=CO1)Nc1nc(-c2ccc(S(=O)[O-])s2)ncc1Cl. The molecule has 0 saturated heterocycles. The molecule has 1 aliphatic rings. The third kappa shape index (κ3) is 4.81. The molecule has 7 nitrogen and oxygen atoms in total. The fraction of sp³-hybridized carbons (Fsp3) is 0.235. The average Bonchev–Trinajstić information content (AvgIpc) is 3.34. The van der Waals surface area contributed by atoms with Gasteiger partial charge in [-0.2, -0.15) is 0 Å². The molecule has 0 radical (unpaired) electrons. The molecule has 27 heavy (non-hydrogen) atoms. The molecule has 0 bridgehead atoms. The van der Waals surface area contributed by atoms with Gasteiger partial charge in [0.2, 0.25) is 0 Å². The highest BCUT2D eigenvalue weighted by molar-refractivity contribution is 7.81.